The zero-order valence-electron chi connectivity index (χ0n) is 11.8. The van der Waals surface area contributed by atoms with Gasteiger partial charge in [-0.15, -0.1) is 0 Å². The third kappa shape index (κ3) is 3.48. The van der Waals surface area contributed by atoms with E-state index in [1.165, 1.54) is 0 Å². The number of halogens is 1. The number of hydrogen-bond donors (Lipinski definition) is 2. The molecule has 0 bridgehead atoms. The van der Waals surface area contributed by atoms with Gasteiger partial charge in [0.05, 0.1) is 18.2 Å². The van der Waals surface area contributed by atoms with Crippen molar-refractivity contribution in [1.82, 2.24) is 0 Å². The van der Waals surface area contributed by atoms with Crippen molar-refractivity contribution in [1.29, 1.82) is 0 Å². The van der Waals surface area contributed by atoms with Crippen LogP contribution in [0.2, 0.25) is 0 Å². The molecular formula is C14H21BrN2O2. The number of rotatable bonds is 5. The number of amides is 1. The van der Waals surface area contributed by atoms with E-state index in [1.54, 1.807) is 7.11 Å². The first kappa shape index (κ1) is 16.0. The van der Waals surface area contributed by atoms with Crippen molar-refractivity contribution in [2.45, 2.75) is 27.2 Å². The molecule has 19 heavy (non-hydrogen) atoms. The highest BCUT2D eigenvalue weighted by molar-refractivity contribution is 9.10. The molecule has 0 aliphatic heterocycles. The van der Waals surface area contributed by atoms with Crippen molar-refractivity contribution in [3.05, 3.63) is 22.2 Å². The number of aryl methyl sites for hydroxylation is 1. The van der Waals surface area contributed by atoms with E-state index in [1.807, 2.05) is 32.9 Å². The second kappa shape index (κ2) is 6.39. The Balaban J connectivity index is 3.09. The van der Waals surface area contributed by atoms with Crippen LogP contribution in [0.1, 0.15) is 25.8 Å². The van der Waals surface area contributed by atoms with Gasteiger partial charge in [0.1, 0.15) is 5.75 Å². The summed E-state index contributed by atoms with van der Waals surface area (Å²) in [4.78, 5) is 12.3. The number of nitrogens with one attached hydrogen (secondary N) is 1. The van der Waals surface area contributed by atoms with Crippen molar-refractivity contribution >= 4 is 27.5 Å². The van der Waals surface area contributed by atoms with Gasteiger partial charge in [-0.3, -0.25) is 4.79 Å². The molecule has 3 N–H and O–H groups in total. The molecule has 1 aromatic rings. The maximum Gasteiger partial charge on any atom is 0.231 e. The summed E-state index contributed by atoms with van der Waals surface area (Å²) in [6, 6.07) is 3.76. The monoisotopic (exact) mass is 328 g/mol. The van der Waals surface area contributed by atoms with E-state index in [9.17, 15) is 4.79 Å². The van der Waals surface area contributed by atoms with Crippen LogP contribution in [0, 0.1) is 12.3 Å². The number of carbonyl (C=O) groups is 1. The van der Waals surface area contributed by atoms with E-state index >= 15 is 0 Å². The van der Waals surface area contributed by atoms with E-state index in [4.69, 9.17) is 10.5 Å². The molecule has 0 fully saturated rings. The topological polar surface area (TPSA) is 64.4 Å². The maximum absolute atomic E-state index is 12.3. The minimum absolute atomic E-state index is 0.0822. The lowest BCUT2D eigenvalue weighted by Crippen LogP contribution is -2.39. The molecule has 4 nitrogen and oxygen atoms in total. The molecule has 0 saturated carbocycles. The molecule has 0 aliphatic rings. The van der Waals surface area contributed by atoms with Gasteiger partial charge in [0, 0.05) is 11.0 Å². The van der Waals surface area contributed by atoms with Gasteiger partial charge in [-0.05, 0) is 38.0 Å². The first-order valence-corrected chi connectivity index (χ1v) is 7.03. The van der Waals surface area contributed by atoms with Gasteiger partial charge in [0.25, 0.3) is 0 Å². The fourth-order valence-corrected chi connectivity index (χ4v) is 2.25. The van der Waals surface area contributed by atoms with E-state index in [-0.39, 0.29) is 5.91 Å². The fourth-order valence-electron chi connectivity index (χ4n) is 1.70. The first-order chi connectivity index (χ1) is 8.87. The number of carbonyl (C=O) groups excluding carboxylic acids is 1. The average molecular weight is 329 g/mol. The fraction of sp³-hybridized carbons (Fsp3) is 0.500. The molecule has 1 rings (SSSR count). The first-order valence-electron chi connectivity index (χ1n) is 6.23. The molecule has 5 heteroatoms. The zero-order chi connectivity index (χ0) is 14.6. The zero-order valence-corrected chi connectivity index (χ0v) is 13.4. The smallest absolute Gasteiger partial charge is 0.231 e. The quantitative estimate of drug-likeness (QED) is 0.872. The Bertz CT molecular complexity index is 471. The highest BCUT2D eigenvalue weighted by Gasteiger charge is 2.30. The van der Waals surface area contributed by atoms with Crippen LogP contribution in [0.5, 0.6) is 5.75 Å². The summed E-state index contributed by atoms with van der Waals surface area (Å²) in [5.74, 6) is 0.553. The van der Waals surface area contributed by atoms with Gasteiger partial charge in [0.15, 0.2) is 0 Å². The molecule has 0 aromatic heterocycles. The molecule has 0 spiro atoms. The SMILES string of the molecule is CCC(C)(CN)C(=O)Nc1c(C)cc(Br)cc1OC. The van der Waals surface area contributed by atoms with Gasteiger partial charge in [-0.2, -0.15) is 0 Å². The van der Waals surface area contributed by atoms with Crippen molar-refractivity contribution in [2.75, 3.05) is 19.0 Å². The number of benzene rings is 1. The van der Waals surface area contributed by atoms with Crippen LogP contribution in [0.3, 0.4) is 0 Å². The standard InChI is InChI=1S/C14H21BrN2O2/c1-5-14(3,8-16)13(18)17-12-9(2)6-10(15)7-11(12)19-4/h6-7H,5,8,16H2,1-4H3,(H,17,18). The summed E-state index contributed by atoms with van der Waals surface area (Å²) in [6.07, 6.45) is 0.688. The van der Waals surface area contributed by atoms with Crippen LogP contribution in [-0.4, -0.2) is 19.6 Å². The van der Waals surface area contributed by atoms with Crippen LogP contribution in [0.25, 0.3) is 0 Å². The number of anilines is 1. The normalized spacial score (nSPS) is 13.8. The molecule has 1 amide bonds. The maximum atomic E-state index is 12.3. The number of hydrogen-bond acceptors (Lipinski definition) is 3. The molecule has 0 heterocycles. The Labute approximate surface area is 122 Å². The van der Waals surface area contributed by atoms with Crippen LogP contribution in [0.15, 0.2) is 16.6 Å². The second-order valence-corrected chi connectivity index (χ2v) is 5.79. The van der Waals surface area contributed by atoms with Gasteiger partial charge in [-0.25, -0.2) is 0 Å². The highest BCUT2D eigenvalue weighted by Crippen LogP contribution is 2.33. The molecule has 1 unspecified atom stereocenters. The lowest BCUT2D eigenvalue weighted by atomic mass is 9.86. The highest BCUT2D eigenvalue weighted by atomic mass is 79.9. The molecule has 0 saturated heterocycles. The van der Waals surface area contributed by atoms with E-state index in [0.717, 1.165) is 10.0 Å². The Morgan fingerprint density at radius 2 is 2.16 bits per heavy atom. The summed E-state index contributed by atoms with van der Waals surface area (Å²) in [7, 11) is 1.58. The van der Waals surface area contributed by atoms with Gasteiger partial charge >= 0.3 is 0 Å². The van der Waals surface area contributed by atoms with Gasteiger partial charge < -0.3 is 15.8 Å². The Morgan fingerprint density at radius 3 is 2.63 bits per heavy atom. The van der Waals surface area contributed by atoms with Crippen molar-refractivity contribution in [3.8, 4) is 5.75 Å². The van der Waals surface area contributed by atoms with Crippen LogP contribution >= 0.6 is 15.9 Å². The lowest BCUT2D eigenvalue weighted by Gasteiger charge is -2.26. The molecule has 0 aliphatic carbocycles. The summed E-state index contributed by atoms with van der Waals surface area (Å²) in [5.41, 5.74) is 6.78. The number of ether oxygens (including phenoxy) is 1. The van der Waals surface area contributed by atoms with E-state index < -0.39 is 5.41 Å². The summed E-state index contributed by atoms with van der Waals surface area (Å²) < 4.78 is 6.23. The van der Waals surface area contributed by atoms with Crippen LogP contribution < -0.4 is 15.8 Å². The molecular weight excluding hydrogens is 308 g/mol. The third-order valence-corrected chi connectivity index (χ3v) is 3.96. The largest absolute Gasteiger partial charge is 0.495 e. The van der Waals surface area contributed by atoms with Gasteiger partial charge in [-0.1, -0.05) is 22.9 Å². The Kier molecular flexibility index (Phi) is 5.38. The van der Waals surface area contributed by atoms with Crippen molar-refractivity contribution < 1.29 is 9.53 Å². The number of nitrogens with two attached hydrogens (primary N) is 1. The molecule has 0 radical (unpaired) electrons. The van der Waals surface area contributed by atoms with Crippen molar-refractivity contribution in [3.63, 3.8) is 0 Å². The lowest BCUT2D eigenvalue weighted by molar-refractivity contribution is -0.124. The minimum atomic E-state index is -0.565. The molecule has 1 aromatic carbocycles. The van der Waals surface area contributed by atoms with Crippen molar-refractivity contribution in [2.24, 2.45) is 11.1 Å². The second-order valence-electron chi connectivity index (χ2n) is 4.87. The predicted octanol–water partition coefficient (Wildman–Crippen LogP) is 3.08. The van der Waals surface area contributed by atoms with E-state index in [0.29, 0.717) is 24.4 Å². The third-order valence-electron chi connectivity index (χ3n) is 3.50. The Morgan fingerprint density at radius 1 is 1.53 bits per heavy atom. The van der Waals surface area contributed by atoms with Crippen LogP contribution in [0.4, 0.5) is 5.69 Å². The van der Waals surface area contributed by atoms with E-state index in [2.05, 4.69) is 21.2 Å². The summed E-state index contributed by atoms with van der Waals surface area (Å²) in [6.45, 7) is 6.06. The Hall–Kier alpha value is -1.07. The average Bonchev–Trinajstić information content (AvgIpc) is 2.40. The van der Waals surface area contributed by atoms with Gasteiger partial charge in [0.2, 0.25) is 5.91 Å². The number of methoxy groups -OCH3 is 1. The summed E-state index contributed by atoms with van der Waals surface area (Å²) >= 11 is 3.41. The predicted molar refractivity (Wildman–Crippen MR) is 81.5 cm³/mol. The molecule has 106 valence electrons. The molecule has 1 atom stereocenters. The summed E-state index contributed by atoms with van der Waals surface area (Å²) in [5, 5.41) is 2.93. The van der Waals surface area contributed by atoms with Crippen LogP contribution in [-0.2, 0) is 4.79 Å². The minimum Gasteiger partial charge on any atom is -0.495 e.